The van der Waals surface area contributed by atoms with Gasteiger partial charge < -0.3 is 4.74 Å². The van der Waals surface area contributed by atoms with Crippen molar-refractivity contribution in [2.45, 2.75) is 6.61 Å². The van der Waals surface area contributed by atoms with Crippen LogP contribution in [-0.4, -0.2) is 11.2 Å². The number of halogens is 2. The number of hydrogen-bond acceptors (Lipinski definition) is 4. The van der Waals surface area contributed by atoms with Gasteiger partial charge in [0.2, 0.25) is 0 Å². The van der Waals surface area contributed by atoms with Crippen LogP contribution in [0.5, 0.6) is 5.75 Å². The van der Waals surface area contributed by atoms with E-state index in [0.717, 1.165) is 0 Å². The summed E-state index contributed by atoms with van der Waals surface area (Å²) >= 11 is 3.12. The number of hydrogen-bond donors (Lipinski definition) is 0. The van der Waals surface area contributed by atoms with Crippen LogP contribution in [0.1, 0.15) is 15.9 Å². The van der Waals surface area contributed by atoms with Gasteiger partial charge in [-0.1, -0.05) is 18.2 Å². The summed E-state index contributed by atoms with van der Waals surface area (Å²) in [7, 11) is 0. The maximum atomic E-state index is 13.6. The van der Waals surface area contributed by atoms with Gasteiger partial charge in [0.1, 0.15) is 11.1 Å². The topological polar surface area (TPSA) is 69.4 Å². The average molecular weight is 354 g/mol. The number of ether oxygens (including phenoxy) is 1. The predicted octanol–water partition coefficient (Wildman–Crippen LogP) is 3.89. The van der Waals surface area contributed by atoms with Gasteiger partial charge in [-0.3, -0.25) is 14.9 Å². The monoisotopic (exact) mass is 353 g/mol. The quantitative estimate of drug-likeness (QED) is 0.464. The lowest BCUT2D eigenvalue weighted by Gasteiger charge is -2.10. The minimum absolute atomic E-state index is 0.0801. The second kappa shape index (κ2) is 6.45. The number of rotatable bonds is 5. The fourth-order valence-corrected chi connectivity index (χ4v) is 2.26. The van der Waals surface area contributed by atoms with Gasteiger partial charge in [0, 0.05) is 11.6 Å². The average Bonchev–Trinajstić information content (AvgIpc) is 2.46. The highest BCUT2D eigenvalue weighted by Gasteiger charge is 2.16. The highest BCUT2D eigenvalue weighted by atomic mass is 79.9. The first kappa shape index (κ1) is 15.1. The van der Waals surface area contributed by atoms with Crippen molar-refractivity contribution in [2.24, 2.45) is 0 Å². The Balaban J connectivity index is 2.27. The fraction of sp³-hybridized carbons (Fsp3) is 0.0714. The van der Waals surface area contributed by atoms with Crippen LogP contribution in [0.4, 0.5) is 10.1 Å². The number of carbonyl (C=O) groups excluding carboxylic acids is 1. The lowest BCUT2D eigenvalue weighted by Crippen LogP contribution is -2.02. The molecule has 0 fully saturated rings. The molecule has 0 aliphatic rings. The van der Waals surface area contributed by atoms with Crippen LogP contribution in [0, 0.1) is 15.9 Å². The highest BCUT2D eigenvalue weighted by molar-refractivity contribution is 9.10. The van der Waals surface area contributed by atoms with E-state index in [1.54, 1.807) is 6.07 Å². The zero-order chi connectivity index (χ0) is 15.4. The molecule has 0 radical (unpaired) electrons. The summed E-state index contributed by atoms with van der Waals surface area (Å²) in [5.74, 6) is -0.841. The van der Waals surface area contributed by atoms with E-state index < -0.39 is 10.7 Å². The fourth-order valence-electron chi connectivity index (χ4n) is 1.74. The van der Waals surface area contributed by atoms with Crippen molar-refractivity contribution in [3.05, 3.63) is 67.9 Å². The molecule has 0 aromatic heterocycles. The number of nitro groups is 1. The molecule has 0 bridgehead atoms. The number of nitro benzene ring substituents is 1. The van der Waals surface area contributed by atoms with Crippen molar-refractivity contribution in [1.82, 2.24) is 0 Å². The minimum Gasteiger partial charge on any atom is -0.485 e. The van der Waals surface area contributed by atoms with E-state index in [1.165, 1.54) is 30.3 Å². The van der Waals surface area contributed by atoms with Crippen LogP contribution >= 0.6 is 15.9 Å². The number of nitrogens with zero attached hydrogens (tertiary/aromatic N) is 1. The SMILES string of the molecule is O=Cc1cccc(F)c1OCc1cccc([N+](=O)[O-])c1Br. The Morgan fingerprint density at radius 2 is 2.00 bits per heavy atom. The molecule has 0 aliphatic carbocycles. The number of aldehydes is 1. The molecule has 0 saturated heterocycles. The zero-order valence-electron chi connectivity index (χ0n) is 10.6. The molecule has 108 valence electrons. The van der Waals surface area contributed by atoms with Crippen molar-refractivity contribution in [2.75, 3.05) is 0 Å². The van der Waals surface area contributed by atoms with Gasteiger partial charge in [0.15, 0.2) is 17.9 Å². The van der Waals surface area contributed by atoms with Crippen LogP contribution in [0.25, 0.3) is 0 Å². The zero-order valence-corrected chi connectivity index (χ0v) is 12.2. The van der Waals surface area contributed by atoms with E-state index in [0.29, 0.717) is 11.8 Å². The number of carbonyl (C=O) groups is 1. The Labute approximate surface area is 127 Å². The molecule has 0 N–H and O–H groups in total. The summed E-state index contributed by atoms with van der Waals surface area (Å²) in [6.45, 7) is -0.107. The molecule has 5 nitrogen and oxygen atoms in total. The lowest BCUT2D eigenvalue weighted by molar-refractivity contribution is -0.385. The minimum atomic E-state index is -0.666. The smallest absolute Gasteiger partial charge is 0.283 e. The van der Waals surface area contributed by atoms with Gasteiger partial charge in [0.25, 0.3) is 5.69 Å². The maximum Gasteiger partial charge on any atom is 0.283 e. The van der Waals surface area contributed by atoms with Gasteiger partial charge >= 0.3 is 0 Å². The molecule has 0 aliphatic heterocycles. The van der Waals surface area contributed by atoms with E-state index >= 15 is 0 Å². The molecule has 0 amide bonds. The normalized spacial score (nSPS) is 10.2. The molecule has 0 heterocycles. The Hall–Kier alpha value is -2.28. The molecular weight excluding hydrogens is 345 g/mol. The summed E-state index contributed by atoms with van der Waals surface area (Å²) in [5.41, 5.74) is 0.445. The first-order chi connectivity index (χ1) is 10.0. The van der Waals surface area contributed by atoms with Crippen LogP contribution in [-0.2, 0) is 6.61 Å². The molecule has 0 atom stereocenters. The van der Waals surface area contributed by atoms with Gasteiger partial charge in [-0.05, 0) is 28.1 Å². The summed E-state index contributed by atoms with van der Waals surface area (Å²) < 4.78 is 19.2. The summed E-state index contributed by atoms with van der Waals surface area (Å²) in [4.78, 5) is 21.2. The summed E-state index contributed by atoms with van der Waals surface area (Å²) in [6.07, 6.45) is 0.487. The first-order valence-electron chi connectivity index (χ1n) is 5.83. The van der Waals surface area contributed by atoms with Gasteiger partial charge in [0.05, 0.1) is 10.5 Å². The van der Waals surface area contributed by atoms with Crippen molar-refractivity contribution in [1.29, 1.82) is 0 Å². The van der Waals surface area contributed by atoms with Crippen molar-refractivity contribution in [3.63, 3.8) is 0 Å². The van der Waals surface area contributed by atoms with E-state index in [9.17, 15) is 19.3 Å². The van der Waals surface area contributed by atoms with Crippen LogP contribution in [0.3, 0.4) is 0 Å². The number of para-hydroxylation sites is 1. The van der Waals surface area contributed by atoms with Gasteiger partial charge in [-0.15, -0.1) is 0 Å². The Morgan fingerprint density at radius 1 is 1.29 bits per heavy atom. The molecule has 0 spiro atoms. The van der Waals surface area contributed by atoms with Gasteiger partial charge in [-0.2, -0.15) is 0 Å². The second-order valence-electron chi connectivity index (χ2n) is 4.07. The molecule has 7 heteroatoms. The molecule has 0 saturated carbocycles. The molecule has 2 aromatic carbocycles. The highest BCUT2D eigenvalue weighted by Crippen LogP contribution is 2.30. The van der Waals surface area contributed by atoms with Crippen LogP contribution in [0.15, 0.2) is 40.9 Å². The molecule has 2 aromatic rings. The van der Waals surface area contributed by atoms with Crippen LogP contribution in [0.2, 0.25) is 0 Å². The molecule has 2 rings (SSSR count). The largest absolute Gasteiger partial charge is 0.485 e. The predicted molar refractivity (Wildman–Crippen MR) is 76.9 cm³/mol. The van der Waals surface area contributed by atoms with E-state index in [2.05, 4.69) is 15.9 Å². The van der Waals surface area contributed by atoms with E-state index in [-0.39, 0.29) is 28.1 Å². The molecular formula is C14H9BrFNO4. The summed E-state index contributed by atoms with van der Waals surface area (Å²) in [6, 6.07) is 8.45. The maximum absolute atomic E-state index is 13.6. The van der Waals surface area contributed by atoms with Gasteiger partial charge in [-0.25, -0.2) is 4.39 Å². The lowest BCUT2D eigenvalue weighted by atomic mass is 10.2. The Bertz CT molecular complexity index is 705. The Morgan fingerprint density at radius 3 is 2.67 bits per heavy atom. The van der Waals surface area contributed by atoms with E-state index in [4.69, 9.17) is 4.74 Å². The standard InChI is InChI=1S/C14H9BrFNO4/c15-13-10(4-2-6-12(13)17(19)20)8-21-14-9(7-18)3-1-5-11(14)16/h1-7H,8H2. The van der Waals surface area contributed by atoms with Crippen molar-refractivity contribution >= 4 is 27.9 Å². The number of benzene rings is 2. The third kappa shape index (κ3) is 3.25. The first-order valence-corrected chi connectivity index (χ1v) is 6.62. The molecule has 21 heavy (non-hydrogen) atoms. The molecule has 0 unspecified atom stereocenters. The van der Waals surface area contributed by atoms with Crippen LogP contribution < -0.4 is 4.74 Å². The third-order valence-electron chi connectivity index (χ3n) is 2.75. The van der Waals surface area contributed by atoms with Crippen molar-refractivity contribution < 1.29 is 18.8 Å². The summed E-state index contributed by atoms with van der Waals surface area (Å²) in [5, 5.41) is 10.8. The third-order valence-corrected chi connectivity index (χ3v) is 3.67. The van der Waals surface area contributed by atoms with E-state index in [1.807, 2.05) is 0 Å². The van der Waals surface area contributed by atoms with Crippen molar-refractivity contribution in [3.8, 4) is 5.75 Å². The second-order valence-corrected chi connectivity index (χ2v) is 4.87. The Kier molecular flexibility index (Phi) is 4.64.